The monoisotopic (exact) mass is 524 g/mol. The Labute approximate surface area is 195 Å². The van der Waals surface area contributed by atoms with Gasteiger partial charge in [-0.2, -0.15) is 4.98 Å². The minimum absolute atomic E-state index is 0.0168. The summed E-state index contributed by atoms with van der Waals surface area (Å²) in [5.41, 5.74) is 4.81. The van der Waals surface area contributed by atoms with Crippen molar-refractivity contribution >= 4 is 48.2 Å². The van der Waals surface area contributed by atoms with Gasteiger partial charge in [-0.1, -0.05) is 0 Å². The van der Waals surface area contributed by atoms with Gasteiger partial charge in [0.2, 0.25) is 11.9 Å². The lowest BCUT2D eigenvalue weighted by molar-refractivity contribution is -0.141. The summed E-state index contributed by atoms with van der Waals surface area (Å²) in [6.45, 7) is -0.949. The second-order valence-corrected chi connectivity index (χ2v) is 9.23. The molecule has 2 aromatic heterocycles. The van der Waals surface area contributed by atoms with E-state index in [2.05, 4.69) is 20.3 Å². The molecule has 18 heteroatoms. The van der Waals surface area contributed by atoms with Gasteiger partial charge >= 0.3 is 13.6 Å². The average Bonchev–Trinajstić information content (AvgIpc) is 3.30. The SMILES string of the molecule is Nc1nc2c(ncn2C2OC(COP(=O)(O)CC(=O)OCCNC(=O)CCl)C(O)C2O)c(=O)[nH]1. The molecule has 1 fully saturated rings. The lowest BCUT2D eigenvalue weighted by Crippen LogP contribution is -2.33. The Morgan fingerprint density at radius 1 is 1.38 bits per heavy atom. The standard InChI is InChI=1S/C16H22ClN6O10P/c17-3-8(24)19-1-2-31-9(25)5-34(29,30)32-4-7-11(26)12(27)15(33-7)23-6-20-10-13(23)21-16(18)22-14(10)28/h6-7,11-12,15,26-27H,1-5H2,(H,19,24)(H,29,30)(H3,18,21,22,28). The molecule has 0 spiro atoms. The molecule has 5 unspecified atom stereocenters. The third-order valence-electron chi connectivity index (χ3n) is 4.64. The van der Waals surface area contributed by atoms with Gasteiger partial charge in [0.1, 0.15) is 37.0 Å². The number of aliphatic hydroxyl groups is 2. The number of hydrogen-bond donors (Lipinski definition) is 6. The number of carbonyl (C=O) groups is 2. The number of esters is 1. The number of H-pyrrole nitrogens is 1. The van der Waals surface area contributed by atoms with Gasteiger partial charge in [0.05, 0.1) is 19.5 Å². The van der Waals surface area contributed by atoms with Crippen LogP contribution in [0.4, 0.5) is 5.95 Å². The summed E-state index contributed by atoms with van der Waals surface area (Å²) >= 11 is 5.29. The van der Waals surface area contributed by atoms with Crippen molar-refractivity contribution in [2.45, 2.75) is 24.5 Å². The van der Waals surface area contributed by atoms with Crippen LogP contribution in [0.15, 0.2) is 11.1 Å². The summed E-state index contributed by atoms with van der Waals surface area (Å²) < 4.78 is 28.5. The summed E-state index contributed by atoms with van der Waals surface area (Å²) in [7, 11) is -4.50. The van der Waals surface area contributed by atoms with Gasteiger partial charge in [0.15, 0.2) is 17.4 Å². The molecule has 34 heavy (non-hydrogen) atoms. The fourth-order valence-electron chi connectivity index (χ4n) is 3.07. The highest BCUT2D eigenvalue weighted by atomic mass is 35.5. The zero-order valence-corrected chi connectivity index (χ0v) is 19.0. The number of ether oxygens (including phenoxy) is 2. The molecule has 1 aliphatic heterocycles. The number of anilines is 1. The van der Waals surface area contributed by atoms with Crippen LogP contribution in [-0.4, -0.2) is 96.6 Å². The highest BCUT2D eigenvalue weighted by molar-refractivity contribution is 7.53. The lowest BCUT2D eigenvalue weighted by Gasteiger charge is -2.17. The van der Waals surface area contributed by atoms with Crippen molar-refractivity contribution < 1.29 is 43.3 Å². The van der Waals surface area contributed by atoms with Crippen LogP contribution in [0.1, 0.15) is 6.23 Å². The minimum atomic E-state index is -4.50. The summed E-state index contributed by atoms with van der Waals surface area (Å²) in [6.07, 6.45) is -5.49. The number of alkyl halides is 1. The first-order chi connectivity index (χ1) is 16.0. The van der Waals surface area contributed by atoms with E-state index in [0.29, 0.717) is 0 Å². The van der Waals surface area contributed by atoms with E-state index >= 15 is 0 Å². The number of carbonyl (C=O) groups excluding carboxylic acids is 2. The van der Waals surface area contributed by atoms with Crippen molar-refractivity contribution in [2.24, 2.45) is 0 Å². The van der Waals surface area contributed by atoms with Gasteiger partial charge in [-0.25, -0.2) is 4.98 Å². The number of fused-ring (bicyclic) bond motifs is 1. The number of halogens is 1. The topological polar surface area (TPSA) is 241 Å². The highest BCUT2D eigenvalue weighted by Crippen LogP contribution is 2.43. The number of nitrogens with zero attached hydrogens (tertiary/aromatic N) is 3. The van der Waals surface area contributed by atoms with Crippen LogP contribution in [0.25, 0.3) is 11.2 Å². The largest absolute Gasteiger partial charge is 0.463 e. The number of aromatic nitrogens is 4. The van der Waals surface area contributed by atoms with E-state index in [9.17, 15) is 34.1 Å². The van der Waals surface area contributed by atoms with Gasteiger partial charge < -0.3 is 40.2 Å². The van der Waals surface area contributed by atoms with E-state index in [1.807, 2.05) is 0 Å². The molecule has 1 amide bonds. The maximum atomic E-state index is 12.2. The zero-order chi connectivity index (χ0) is 25.0. The molecular weight excluding hydrogens is 503 g/mol. The Hall–Kier alpha value is -2.59. The first-order valence-corrected chi connectivity index (χ1v) is 12.0. The molecule has 5 atom stereocenters. The molecule has 0 aromatic carbocycles. The number of rotatable bonds is 10. The minimum Gasteiger partial charge on any atom is -0.463 e. The van der Waals surface area contributed by atoms with Crippen LogP contribution in [-0.2, 0) is 28.2 Å². The summed E-state index contributed by atoms with van der Waals surface area (Å²) in [4.78, 5) is 54.6. The van der Waals surface area contributed by atoms with Crippen molar-refractivity contribution in [1.29, 1.82) is 0 Å². The highest BCUT2D eigenvalue weighted by Gasteiger charge is 2.45. The molecule has 16 nitrogen and oxygen atoms in total. The predicted octanol–water partition coefficient (Wildman–Crippen LogP) is -2.58. The fourth-order valence-corrected chi connectivity index (χ4v) is 4.06. The second-order valence-electron chi connectivity index (χ2n) is 7.12. The average molecular weight is 525 g/mol. The first-order valence-electron chi connectivity index (χ1n) is 9.71. The van der Waals surface area contributed by atoms with Gasteiger partial charge in [0.25, 0.3) is 5.56 Å². The van der Waals surface area contributed by atoms with Crippen molar-refractivity contribution in [3.05, 3.63) is 16.7 Å². The van der Waals surface area contributed by atoms with Crippen LogP contribution >= 0.6 is 19.2 Å². The molecule has 2 aromatic rings. The maximum absolute atomic E-state index is 12.2. The predicted molar refractivity (Wildman–Crippen MR) is 114 cm³/mol. The molecule has 0 radical (unpaired) electrons. The molecule has 1 saturated heterocycles. The number of amides is 1. The number of aliphatic hydroxyl groups excluding tert-OH is 2. The maximum Gasteiger partial charge on any atom is 0.339 e. The summed E-state index contributed by atoms with van der Waals surface area (Å²) in [5, 5.41) is 23.0. The van der Waals surface area contributed by atoms with E-state index in [1.54, 1.807) is 0 Å². The number of nitrogen functional groups attached to an aromatic ring is 1. The van der Waals surface area contributed by atoms with Crippen LogP contribution in [0.2, 0.25) is 0 Å². The molecule has 7 N–H and O–H groups in total. The number of nitrogens with two attached hydrogens (primary N) is 1. The van der Waals surface area contributed by atoms with E-state index < -0.39 is 62.3 Å². The molecule has 3 rings (SSSR count). The molecule has 188 valence electrons. The van der Waals surface area contributed by atoms with Crippen LogP contribution in [0.3, 0.4) is 0 Å². The number of imidazole rings is 1. The van der Waals surface area contributed by atoms with Gasteiger partial charge in [-0.05, 0) is 0 Å². The van der Waals surface area contributed by atoms with Crippen molar-refractivity contribution in [1.82, 2.24) is 24.8 Å². The fraction of sp³-hybridized carbons (Fsp3) is 0.562. The van der Waals surface area contributed by atoms with Crippen LogP contribution < -0.4 is 16.6 Å². The second kappa shape index (κ2) is 10.8. The normalized spacial score (nSPS) is 24.1. The molecule has 1 aliphatic rings. The quantitative estimate of drug-likeness (QED) is 0.0810. The van der Waals surface area contributed by atoms with Gasteiger partial charge in [-0.15, -0.1) is 11.6 Å². The van der Waals surface area contributed by atoms with Crippen molar-refractivity contribution in [2.75, 3.05) is 37.5 Å². The Morgan fingerprint density at radius 3 is 2.82 bits per heavy atom. The van der Waals surface area contributed by atoms with Gasteiger partial charge in [0, 0.05) is 0 Å². The van der Waals surface area contributed by atoms with Crippen LogP contribution in [0.5, 0.6) is 0 Å². The van der Waals surface area contributed by atoms with Crippen molar-refractivity contribution in [3.63, 3.8) is 0 Å². The van der Waals surface area contributed by atoms with Crippen LogP contribution in [0, 0.1) is 0 Å². The van der Waals surface area contributed by atoms with E-state index in [0.717, 1.165) is 6.33 Å². The van der Waals surface area contributed by atoms with Gasteiger partial charge in [-0.3, -0.25) is 28.5 Å². The summed E-state index contributed by atoms with van der Waals surface area (Å²) in [6, 6.07) is 0. The number of hydrogen-bond acceptors (Lipinski definition) is 12. The Kier molecular flexibility index (Phi) is 8.25. The summed E-state index contributed by atoms with van der Waals surface area (Å²) in [5.74, 6) is -2.01. The smallest absolute Gasteiger partial charge is 0.339 e. The lowest BCUT2D eigenvalue weighted by atomic mass is 10.1. The van der Waals surface area contributed by atoms with E-state index in [4.69, 9.17) is 31.3 Å². The molecule has 0 aliphatic carbocycles. The Balaban J connectivity index is 1.56. The Bertz CT molecular complexity index is 1160. The number of aromatic amines is 1. The first kappa shape index (κ1) is 26.0. The molecule has 0 bridgehead atoms. The van der Waals surface area contributed by atoms with E-state index in [-0.39, 0.29) is 36.1 Å². The Morgan fingerprint density at radius 2 is 2.12 bits per heavy atom. The number of nitrogens with one attached hydrogen (secondary N) is 2. The third-order valence-corrected chi connectivity index (χ3v) is 6.09. The van der Waals surface area contributed by atoms with E-state index in [1.165, 1.54) is 4.57 Å². The third kappa shape index (κ3) is 6.09. The molecular formula is C16H22ClN6O10P. The molecule has 0 saturated carbocycles. The zero-order valence-electron chi connectivity index (χ0n) is 17.4. The molecule has 3 heterocycles. The van der Waals surface area contributed by atoms with Crippen molar-refractivity contribution in [3.8, 4) is 0 Å².